The fourth-order valence-electron chi connectivity index (χ4n) is 2.20. The van der Waals surface area contributed by atoms with Crippen LogP contribution in [0.5, 0.6) is 0 Å². The van der Waals surface area contributed by atoms with Gasteiger partial charge in [0.1, 0.15) is 0 Å². The van der Waals surface area contributed by atoms with Crippen LogP contribution in [-0.4, -0.2) is 13.1 Å². The Morgan fingerprint density at radius 2 is 1.94 bits per heavy atom. The molecule has 0 aliphatic rings. The highest BCUT2D eigenvalue weighted by molar-refractivity contribution is 5.20. The molecule has 0 bridgehead atoms. The zero-order valence-electron chi connectivity index (χ0n) is 11.0. The molecule has 0 aliphatic heterocycles. The summed E-state index contributed by atoms with van der Waals surface area (Å²) in [5.41, 5.74) is 0.398. The van der Waals surface area contributed by atoms with Crippen molar-refractivity contribution in [3.63, 3.8) is 0 Å². The minimum atomic E-state index is -0.764. The molecule has 0 heterocycles. The topological polar surface area (TPSA) is 12.0 Å². The second-order valence-electron chi connectivity index (χ2n) is 5.45. The molecule has 1 aromatic rings. The van der Waals surface area contributed by atoms with Crippen LogP contribution >= 0.6 is 0 Å². The summed E-state index contributed by atoms with van der Waals surface area (Å²) in [4.78, 5) is 0. The second kappa shape index (κ2) is 5.58. The van der Waals surface area contributed by atoms with Crippen LogP contribution in [0.3, 0.4) is 0 Å². The van der Waals surface area contributed by atoms with E-state index in [4.69, 9.17) is 0 Å². The molecule has 1 nitrogen and oxygen atoms in total. The molecule has 0 radical (unpaired) electrons. The first-order valence-corrected chi connectivity index (χ1v) is 5.96. The Labute approximate surface area is 102 Å². The van der Waals surface area contributed by atoms with Gasteiger partial charge < -0.3 is 5.32 Å². The van der Waals surface area contributed by atoms with Crippen LogP contribution in [0, 0.1) is 17.0 Å². The van der Waals surface area contributed by atoms with Crippen LogP contribution in [0.25, 0.3) is 0 Å². The van der Waals surface area contributed by atoms with E-state index < -0.39 is 11.6 Å². The summed E-state index contributed by atoms with van der Waals surface area (Å²) in [6.07, 6.45) is 1.46. The first-order valence-electron chi connectivity index (χ1n) is 5.96. The van der Waals surface area contributed by atoms with Crippen molar-refractivity contribution in [3.05, 3.63) is 35.4 Å². The Morgan fingerprint density at radius 1 is 1.29 bits per heavy atom. The molecule has 0 amide bonds. The standard InChI is InChI=1S/C14H21F2N/c1-10(17-4)8-14(2,3)9-11-6-5-7-12(15)13(11)16/h5-7,10,17H,8-9H2,1-4H3. The number of hydrogen-bond acceptors (Lipinski definition) is 1. The Morgan fingerprint density at radius 3 is 2.53 bits per heavy atom. The quantitative estimate of drug-likeness (QED) is 0.831. The Hall–Kier alpha value is -0.960. The van der Waals surface area contributed by atoms with Gasteiger partial charge in [0.05, 0.1) is 0 Å². The zero-order valence-corrected chi connectivity index (χ0v) is 11.0. The second-order valence-corrected chi connectivity index (χ2v) is 5.45. The van der Waals surface area contributed by atoms with Crippen LogP contribution in [0.2, 0.25) is 0 Å². The van der Waals surface area contributed by atoms with Crippen molar-refractivity contribution < 1.29 is 8.78 Å². The Balaban J connectivity index is 2.79. The molecule has 1 rings (SSSR count). The van der Waals surface area contributed by atoms with E-state index in [-0.39, 0.29) is 5.41 Å². The molecule has 1 N–H and O–H groups in total. The molecule has 17 heavy (non-hydrogen) atoms. The maximum absolute atomic E-state index is 13.6. The molecule has 96 valence electrons. The molecular formula is C14H21F2N. The number of rotatable bonds is 5. The minimum absolute atomic E-state index is 0.0585. The Bertz CT molecular complexity index is 374. The zero-order chi connectivity index (χ0) is 13.1. The summed E-state index contributed by atoms with van der Waals surface area (Å²) in [5.74, 6) is -1.47. The van der Waals surface area contributed by atoms with Gasteiger partial charge in [0.25, 0.3) is 0 Å². The van der Waals surface area contributed by atoms with Gasteiger partial charge in [-0.2, -0.15) is 0 Å². The smallest absolute Gasteiger partial charge is 0.162 e. The lowest BCUT2D eigenvalue weighted by Gasteiger charge is -2.28. The normalized spacial score (nSPS) is 13.8. The van der Waals surface area contributed by atoms with Crippen molar-refractivity contribution in [2.75, 3.05) is 7.05 Å². The van der Waals surface area contributed by atoms with E-state index in [0.29, 0.717) is 18.0 Å². The van der Waals surface area contributed by atoms with Crippen molar-refractivity contribution in [1.82, 2.24) is 5.32 Å². The van der Waals surface area contributed by atoms with E-state index in [9.17, 15) is 8.78 Å². The van der Waals surface area contributed by atoms with Gasteiger partial charge in [0.2, 0.25) is 0 Å². The number of halogens is 2. The molecule has 0 spiro atoms. The van der Waals surface area contributed by atoms with E-state index in [1.807, 2.05) is 7.05 Å². The molecule has 0 aliphatic carbocycles. The first kappa shape index (κ1) is 14.1. The lowest BCUT2D eigenvalue weighted by Crippen LogP contribution is -2.29. The average Bonchev–Trinajstić information content (AvgIpc) is 2.23. The average molecular weight is 241 g/mol. The fraction of sp³-hybridized carbons (Fsp3) is 0.571. The molecule has 0 saturated carbocycles. The van der Waals surface area contributed by atoms with Crippen LogP contribution in [0.4, 0.5) is 8.78 Å². The predicted molar refractivity (Wildman–Crippen MR) is 67.0 cm³/mol. The van der Waals surface area contributed by atoms with Crippen LogP contribution < -0.4 is 5.32 Å². The Kier molecular flexibility index (Phi) is 4.63. The molecule has 0 fully saturated rings. The third-order valence-corrected chi connectivity index (χ3v) is 3.05. The molecule has 3 heteroatoms. The summed E-state index contributed by atoms with van der Waals surface area (Å²) in [5, 5.41) is 3.16. The van der Waals surface area contributed by atoms with Gasteiger partial charge in [0, 0.05) is 6.04 Å². The van der Waals surface area contributed by atoms with E-state index in [1.54, 1.807) is 12.1 Å². The monoisotopic (exact) mass is 241 g/mol. The fourth-order valence-corrected chi connectivity index (χ4v) is 2.20. The largest absolute Gasteiger partial charge is 0.317 e. The van der Waals surface area contributed by atoms with Crippen LogP contribution in [-0.2, 0) is 6.42 Å². The van der Waals surface area contributed by atoms with E-state index in [2.05, 4.69) is 26.1 Å². The third-order valence-electron chi connectivity index (χ3n) is 3.05. The summed E-state index contributed by atoms with van der Waals surface area (Å²) in [7, 11) is 1.91. The minimum Gasteiger partial charge on any atom is -0.317 e. The van der Waals surface area contributed by atoms with Crippen LogP contribution in [0.1, 0.15) is 32.8 Å². The highest BCUT2D eigenvalue weighted by atomic mass is 19.2. The number of hydrogen-bond donors (Lipinski definition) is 1. The van der Waals surface area contributed by atoms with Gasteiger partial charge in [-0.25, -0.2) is 8.78 Å². The first-order chi connectivity index (χ1) is 7.85. The molecule has 1 aromatic carbocycles. The molecular weight excluding hydrogens is 220 g/mol. The molecule has 0 aromatic heterocycles. The maximum atomic E-state index is 13.6. The summed E-state index contributed by atoms with van der Waals surface area (Å²) >= 11 is 0. The van der Waals surface area contributed by atoms with Crippen molar-refractivity contribution in [1.29, 1.82) is 0 Å². The van der Waals surface area contributed by atoms with Gasteiger partial charge in [-0.3, -0.25) is 0 Å². The van der Waals surface area contributed by atoms with Crippen molar-refractivity contribution >= 4 is 0 Å². The lowest BCUT2D eigenvalue weighted by molar-refractivity contribution is 0.289. The van der Waals surface area contributed by atoms with Gasteiger partial charge in [0.15, 0.2) is 11.6 Å². The van der Waals surface area contributed by atoms with E-state index in [0.717, 1.165) is 12.5 Å². The number of nitrogens with one attached hydrogen (secondary N) is 1. The summed E-state index contributed by atoms with van der Waals surface area (Å²) in [6, 6.07) is 4.74. The summed E-state index contributed by atoms with van der Waals surface area (Å²) in [6.45, 7) is 6.24. The van der Waals surface area contributed by atoms with Gasteiger partial charge in [-0.05, 0) is 43.9 Å². The highest BCUT2D eigenvalue weighted by Crippen LogP contribution is 2.29. The van der Waals surface area contributed by atoms with Crippen LogP contribution in [0.15, 0.2) is 18.2 Å². The summed E-state index contributed by atoms with van der Waals surface area (Å²) < 4.78 is 26.7. The van der Waals surface area contributed by atoms with Gasteiger partial charge in [-0.1, -0.05) is 26.0 Å². The number of benzene rings is 1. The maximum Gasteiger partial charge on any atom is 0.162 e. The highest BCUT2D eigenvalue weighted by Gasteiger charge is 2.23. The van der Waals surface area contributed by atoms with Gasteiger partial charge in [-0.15, -0.1) is 0 Å². The van der Waals surface area contributed by atoms with E-state index in [1.165, 1.54) is 0 Å². The predicted octanol–water partition coefficient (Wildman–Crippen LogP) is 3.53. The van der Waals surface area contributed by atoms with E-state index >= 15 is 0 Å². The van der Waals surface area contributed by atoms with Crippen molar-refractivity contribution in [3.8, 4) is 0 Å². The SMILES string of the molecule is CNC(C)CC(C)(C)Cc1cccc(F)c1F. The van der Waals surface area contributed by atoms with Crippen molar-refractivity contribution in [2.45, 2.75) is 39.7 Å². The lowest BCUT2D eigenvalue weighted by atomic mass is 9.80. The van der Waals surface area contributed by atoms with Crippen molar-refractivity contribution in [2.24, 2.45) is 5.41 Å². The molecule has 0 saturated heterocycles. The molecule has 1 atom stereocenters. The third kappa shape index (κ3) is 4.08. The van der Waals surface area contributed by atoms with Gasteiger partial charge >= 0.3 is 0 Å². The molecule has 1 unspecified atom stereocenters.